The molecule has 0 aromatic carbocycles. The Morgan fingerprint density at radius 1 is 1.73 bits per heavy atom. The largest absolute Gasteiger partial charge is 0.337 e. The monoisotopic (exact) mass is 215 g/mol. The predicted molar refractivity (Wildman–Crippen MR) is 42.4 cm³/mol. The Labute approximate surface area is 71.7 Å². The van der Waals surface area contributed by atoms with Gasteiger partial charge in [-0.05, 0) is 15.9 Å². The number of imidazole rings is 1. The normalized spacial score (nSPS) is 15.9. The van der Waals surface area contributed by atoms with Crippen molar-refractivity contribution in [2.24, 2.45) is 0 Å². The molecule has 1 N–H and O–H groups in total. The van der Waals surface area contributed by atoms with E-state index < -0.39 is 0 Å². The summed E-state index contributed by atoms with van der Waals surface area (Å²) >= 11 is 3.23. The van der Waals surface area contributed by atoms with E-state index in [2.05, 4.69) is 26.2 Å². The molecule has 1 aromatic heterocycles. The molecule has 0 saturated carbocycles. The van der Waals surface area contributed by atoms with Crippen LogP contribution in [0.15, 0.2) is 10.8 Å². The Morgan fingerprint density at radius 3 is 3.27 bits per heavy atom. The Morgan fingerprint density at radius 2 is 2.55 bits per heavy atom. The number of carbonyl (C=O) groups is 1. The van der Waals surface area contributed by atoms with Crippen LogP contribution in [-0.2, 0) is 6.42 Å². The number of fused-ring (bicyclic) bond motifs is 1. The molecule has 5 heteroatoms. The third kappa shape index (κ3) is 0.956. The minimum atomic E-state index is -0.101. The van der Waals surface area contributed by atoms with E-state index in [4.69, 9.17) is 0 Å². The highest BCUT2D eigenvalue weighted by molar-refractivity contribution is 9.10. The topological polar surface area (TPSA) is 46.9 Å². The lowest BCUT2D eigenvalue weighted by Crippen LogP contribution is -2.36. The molecule has 4 nitrogen and oxygen atoms in total. The molecular weight excluding hydrogens is 210 g/mol. The van der Waals surface area contributed by atoms with Crippen molar-refractivity contribution in [3.8, 4) is 0 Å². The van der Waals surface area contributed by atoms with Gasteiger partial charge in [0.25, 0.3) is 0 Å². The molecule has 0 saturated heterocycles. The summed E-state index contributed by atoms with van der Waals surface area (Å²) in [7, 11) is 0. The van der Waals surface area contributed by atoms with Crippen LogP contribution in [0.1, 0.15) is 5.82 Å². The van der Waals surface area contributed by atoms with Gasteiger partial charge in [-0.15, -0.1) is 0 Å². The highest BCUT2D eigenvalue weighted by Gasteiger charge is 2.18. The van der Waals surface area contributed by atoms with Gasteiger partial charge in [-0.1, -0.05) is 0 Å². The second kappa shape index (κ2) is 2.34. The Hall–Kier alpha value is -0.840. The van der Waals surface area contributed by atoms with E-state index >= 15 is 0 Å². The van der Waals surface area contributed by atoms with Gasteiger partial charge >= 0.3 is 6.03 Å². The molecule has 0 fully saturated rings. The van der Waals surface area contributed by atoms with Crippen molar-refractivity contribution < 1.29 is 4.79 Å². The summed E-state index contributed by atoms with van der Waals surface area (Å²) in [6, 6.07) is -0.101. The number of nitrogens with zero attached hydrogens (tertiary/aromatic N) is 2. The maximum absolute atomic E-state index is 11.1. The maximum atomic E-state index is 11.1. The van der Waals surface area contributed by atoms with Crippen molar-refractivity contribution in [2.45, 2.75) is 6.42 Å². The molecule has 2 rings (SSSR count). The van der Waals surface area contributed by atoms with Crippen LogP contribution in [0.25, 0.3) is 0 Å². The number of carbonyl (C=O) groups excluding carboxylic acids is 1. The van der Waals surface area contributed by atoms with Crippen LogP contribution in [0.5, 0.6) is 0 Å². The van der Waals surface area contributed by atoms with Crippen LogP contribution in [0.2, 0.25) is 0 Å². The van der Waals surface area contributed by atoms with Gasteiger partial charge in [-0.3, -0.25) is 0 Å². The van der Waals surface area contributed by atoms with Gasteiger partial charge in [0.15, 0.2) is 0 Å². The van der Waals surface area contributed by atoms with Crippen LogP contribution >= 0.6 is 15.9 Å². The smallest absolute Gasteiger partial charge is 0.327 e. The van der Waals surface area contributed by atoms with Gasteiger partial charge in [0.05, 0.1) is 6.20 Å². The number of rotatable bonds is 0. The first-order valence-corrected chi connectivity index (χ1v) is 4.08. The van der Waals surface area contributed by atoms with E-state index in [-0.39, 0.29) is 6.03 Å². The first-order chi connectivity index (χ1) is 5.29. The van der Waals surface area contributed by atoms with Gasteiger partial charge in [0, 0.05) is 13.0 Å². The van der Waals surface area contributed by atoms with Crippen molar-refractivity contribution in [1.29, 1.82) is 0 Å². The minimum absolute atomic E-state index is 0.101. The summed E-state index contributed by atoms with van der Waals surface area (Å²) in [5.74, 6) is 0.820. The Balaban J connectivity index is 2.56. The van der Waals surface area contributed by atoms with Crippen molar-refractivity contribution in [1.82, 2.24) is 14.9 Å². The average molecular weight is 216 g/mol. The van der Waals surface area contributed by atoms with Crippen molar-refractivity contribution >= 4 is 22.0 Å². The van der Waals surface area contributed by atoms with Crippen LogP contribution < -0.4 is 5.32 Å². The molecule has 58 valence electrons. The average Bonchev–Trinajstić information content (AvgIpc) is 2.34. The lowest BCUT2D eigenvalue weighted by atomic mass is 10.3. The number of aromatic nitrogens is 2. The molecular formula is C6H6BrN3O. The van der Waals surface area contributed by atoms with Gasteiger partial charge in [-0.2, -0.15) is 0 Å². The Bertz CT molecular complexity index is 307. The molecule has 0 atom stereocenters. The molecule has 0 radical (unpaired) electrons. The number of hydrogen-bond donors (Lipinski definition) is 1. The van der Waals surface area contributed by atoms with Crippen LogP contribution in [-0.4, -0.2) is 22.1 Å². The number of amides is 1. The lowest BCUT2D eigenvalue weighted by molar-refractivity contribution is 0.238. The summed E-state index contributed by atoms with van der Waals surface area (Å²) in [6.07, 6.45) is 2.44. The van der Waals surface area contributed by atoms with Crippen LogP contribution in [0.3, 0.4) is 0 Å². The summed E-state index contributed by atoms with van der Waals surface area (Å²) in [5.41, 5.74) is 0. The molecule has 0 unspecified atom stereocenters. The first kappa shape index (κ1) is 6.84. The second-order valence-corrected chi connectivity index (χ2v) is 3.13. The highest BCUT2D eigenvalue weighted by atomic mass is 79.9. The molecule has 0 spiro atoms. The fraction of sp³-hybridized carbons (Fsp3) is 0.333. The third-order valence-corrected chi connectivity index (χ3v) is 2.18. The Kier molecular flexibility index (Phi) is 1.45. The number of hydrogen-bond acceptors (Lipinski definition) is 2. The SMILES string of the molecule is O=C1NCCc2ncc(Br)n21. The maximum Gasteiger partial charge on any atom is 0.327 e. The van der Waals surface area contributed by atoms with E-state index in [1.165, 1.54) is 4.57 Å². The minimum Gasteiger partial charge on any atom is -0.337 e. The summed E-state index contributed by atoms with van der Waals surface area (Å²) in [6.45, 7) is 0.683. The number of halogens is 1. The lowest BCUT2D eigenvalue weighted by Gasteiger charge is -2.14. The van der Waals surface area contributed by atoms with E-state index in [0.29, 0.717) is 11.1 Å². The van der Waals surface area contributed by atoms with Crippen LogP contribution in [0.4, 0.5) is 4.79 Å². The molecule has 1 aromatic rings. The van der Waals surface area contributed by atoms with Crippen molar-refractivity contribution in [3.63, 3.8) is 0 Å². The zero-order valence-corrected chi connectivity index (χ0v) is 7.26. The summed E-state index contributed by atoms with van der Waals surface area (Å²) < 4.78 is 2.24. The summed E-state index contributed by atoms with van der Waals surface area (Å²) in [4.78, 5) is 15.2. The van der Waals surface area contributed by atoms with Gasteiger partial charge < -0.3 is 5.32 Å². The zero-order valence-electron chi connectivity index (χ0n) is 5.67. The molecule has 1 aliphatic rings. The molecule has 0 aliphatic carbocycles. The number of nitrogens with one attached hydrogen (secondary N) is 1. The fourth-order valence-corrected chi connectivity index (χ4v) is 1.59. The quantitative estimate of drug-likeness (QED) is 0.695. The van der Waals surface area contributed by atoms with E-state index in [0.717, 1.165) is 12.2 Å². The van der Waals surface area contributed by atoms with Gasteiger partial charge in [-0.25, -0.2) is 14.3 Å². The van der Waals surface area contributed by atoms with E-state index in [9.17, 15) is 4.79 Å². The highest BCUT2D eigenvalue weighted by Crippen LogP contribution is 2.14. The second-order valence-electron chi connectivity index (χ2n) is 2.31. The fourth-order valence-electron chi connectivity index (χ4n) is 1.12. The van der Waals surface area contributed by atoms with E-state index in [1.807, 2.05) is 0 Å². The third-order valence-electron chi connectivity index (χ3n) is 1.62. The van der Waals surface area contributed by atoms with Gasteiger partial charge in [0.1, 0.15) is 10.4 Å². The van der Waals surface area contributed by atoms with Gasteiger partial charge in [0.2, 0.25) is 0 Å². The van der Waals surface area contributed by atoms with Crippen molar-refractivity contribution in [2.75, 3.05) is 6.54 Å². The summed E-state index contributed by atoms with van der Waals surface area (Å²) in [5, 5.41) is 2.72. The molecule has 2 heterocycles. The zero-order chi connectivity index (χ0) is 7.84. The molecule has 0 bridgehead atoms. The predicted octanol–water partition coefficient (Wildman–Crippen LogP) is 0.759. The standard InChI is InChI=1S/C6H6BrN3O/c7-4-3-9-5-1-2-8-6(11)10(4)5/h3H,1-2H2,(H,8,11). The molecule has 1 aliphatic heterocycles. The van der Waals surface area contributed by atoms with E-state index in [1.54, 1.807) is 6.20 Å². The molecule has 1 amide bonds. The molecule has 11 heavy (non-hydrogen) atoms. The van der Waals surface area contributed by atoms with Crippen molar-refractivity contribution in [3.05, 3.63) is 16.6 Å². The van der Waals surface area contributed by atoms with Crippen LogP contribution in [0, 0.1) is 0 Å². The first-order valence-electron chi connectivity index (χ1n) is 3.29.